The van der Waals surface area contributed by atoms with Gasteiger partial charge in [-0.1, -0.05) is 19.1 Å². The minimum atomic E-state index is -3.45. The molecule has 0 unspecified atom stereocenters. The molecule has 3 atom stereocenters. The van der Waals surface area contributed by atoms with E-state index in [4.69, 9.17) is 4.74 Å². The van der Waals surface area contributed by atoms with Crippen LogP contribution in [0, 0.1) is 0 Å². The minimum absolute atomic E-state index is 0.0822. The van der Waals surface area contributed by atoms with Gasteiger partial charge < -0.3 is 24.8 Å². The molecule has 5 rings (SSSR count). The van der Waals surface area contributed by atoms with Gasteiger partial charge in [0.1, 0.15) is 6.10 Å². The van der Waals surface area contributed by atoms with Crippen molar-refractivity contribution in [2.75, 3.05) is 23.8 Å². The number of alkyl halides is 2. The number of hydrogen-bond donors (Lipinski definition) is 2. The highest BCUT2D eigenvalue weighted by atomic mass is 32.2. The number of anilines is 1. The Labute approximate surface area is 269 Å². The summed E-state index contributed by atoms with van der Waals surface area (Å²) in [7, 11) is -3.45. The van der Waals surface area contributed by atoms with Gasteiger partial charge in [0.2, 0.25) is 5.88 Å². The van der Waals surface area contributed by atoms with Crippen LogP contribution in [-0.4, -0.2) is 77.8 Å². The molecule has 1 aliphatic rings. The predicted octanol–water partition coefficient (Wildman–Crippen LogP) is 4.27. The number of rotatable bonds is 14. The van der Waals surface area contributed by atoms with Gasteiger partial charge in [0.05, 0.1) is 54.2 Å². The standard InChI is InChI=1S/C32H33F2N5O7S/c1-2-47(43,44)27-11-6-21(7-12-27)28(17-30(40)41)37-31(42)22-4-8-23(9-5-22)38-19-26(16-25(38)20-45-32(33)34)46-29-13-10-24(18-35-29)39-15-3-14-36-39/h3-15,18,25-26,28,32H,2,16-17,19-20H2,1H3,(H,37,42)(H,40,41)/t25-,26-,28-/m0/s1. The maximum absolute atomic E-state index is 13.2. The third-order valence-corrected chi connectivity index (χ3v) is 9.49. The molecule has 0 aliphatic carbocycles. The summed E-state index contributed by atoms with van der Waals surface area (Å²) in [5.41, 5.74) is 2.07. The molecular weight excluding hydrogens is 636 g/mol. The van der Waals surface area contributed by atoms with E-state index in [0.29, 0.717) is 30.1 Å². The van der Waals surface area contributed by atoms with Crippen LogP contribution in [0.3, 0.4) is 0 Å². The van der Waals surface area contributed by atoms with E-state index < -0.39 is 46.8 Å². The minimum Gasteiger partial charge on any atom is -0.481 e. The highest BCUT2D eigenvalue weighted by molar-refractivity contribution is 7.91. The molecular formula is C32H33F2N5O7S. The number of aromatic nitrogens is 3. The monoisotopic (exact) mass is 669 g/mol. The second kappa shape index (κ2) is 14.7. The molecule has 4 aromatic rings. The molecule has 0 radical (unpaired) electrons. The predicted molar refractivity (Wildman–Crippen MR) is 167 cm³/mol. The van der Waals surface area contributed by atoms with Crippen molar-refractivity contribution in [3.8, 4) is 11.6 Å². The summed E-state index contributed by atoms with van der Waals surface area (Å²) in [6.07, 6.45) is 4.62. The van der Waals surface area contributed by atoms with Gasteiger partial charge in [0.25, 0.3) is 5.91 Å². The fraction of sp³-hybridized carbons (Fsp3) is 0.312. The number of carbonyl (C=O) groups is 2. The Morgan fingerprint density at radius 3 is 2.38 bits per heavy atom. The molecule has 248 valence electrons. The van der Waals surface area contributed by atoms with Gasteiger partial charge in [-0.15, -0.1) is 0 Å². The number of aliphatic carboxylic acids is 1. The Hall–Kier alpha value is -4.89. The zero-order chi connectivity index (χ0) is 33.6. The van der Waals surface area contributed by atoms with Gasteiger partial charge >= 0.3 is 12.6 Å². The number of halogens is 2. The van der Waals surface area contributed by atoms with E-state index in [1.54, 1.807) is 65.7 Å². The van der Waals surface area contributed by atoms with Crippen LogP contribution in [0.4, 0.5) is 14.5 Å². The lowest BCUT2D eigenvalue weighted by atomic mass is 10.0. The van der Waals surface area contributed by atoms with Crippen LogP contribution in [0.25, 0.3) is 5.69 Å². The first-order valence-corrected chi connectivity index (χ1v) is 16.4. The zero-order valence-electron chi connectivity index (χ0n) is 25.3. The first-order chi connectivity index (χ1) is 22.5. The largest absolute Gasteiger partial charge is 0.481 e. The molecule has 0 saturated carbocycles. The van der Waals surface area contributed by atoms with E-state index in [-0.39, 0.29) is 28.9 Å². The highest BCUT2D eigenvalue weighted by Gasteiger charge is 2.35. The van der Waals surface area contributed by atoms with Crippen molar-refractivity contribution in [1.29, 1.82) is 0 Å². The average molecular weight is 670 g/mol. The van der Waals surface area contributed by atoms with E-state index in [9.17, 15) is 31.9 Å². The van der Waals surface area contributed by atoms with Crippen molar-refractivity contribution in [1.82, 2.24) is 20.1 Å². The maximum Gasteiger partial charge on any atom is 0.345 e. The summed E-state index contributed by atoms with van der Waals surface area (Å²) in [6.45, 7) is -1.32. The number of amides is 1. The number of carboxylic acids is 1. The number of carbonyl (C=O) groups excluding carboxylic acids is 1. The van der Waals surface area contributed by atoms with Crippen LogP contribution in [-0.2, 0) is 19.4 Å². The molecule has 2 aromatic heterocycles. The van der Waals surface area contributed by atoms with Crippen molar-refractivity contribution in [2.24, 2.45) is 0 Å². The number of nitrogens with one attached hydrogen (secondary N) is 1. The Morgan fingerprint density at radius 1 is 1.06 bits per heavy atom. The lowest BCUT2D eigenvalue weighted by Gasteiger charge is -2.26. The van der Waals surface area contributed by atoms with E-state index >= 15 is 0 Å². The van der Waals surface area contributed by atoms with Crippen LogP contribution >= 0.6 is 0 Å². The van der Waals surface area contributed by atoms with Crippen molar-refractivity contribution < 1.29 is 41.4 Å². The zero-order valence-corrected chi connectivity index (χ0v) is 26.1. The lowest BCUT2D eigenvalue weighted by Crippen LogP contribution is -2.34. The van der Waals surface area contributed by atoms with Gasteiger partial charge in [-0.3, -0.25) is 9.59 Å². The summed E-state index contributed by atoms with van der Waals surface area (Å²) in [5.74, 6) is -1.41. The summed E-state index contributed by atoms with van der Waals surface area (Å²) in [6, 6.07) is 16.1. The van der Waals surface area contributed by atoms with Crippen LogP contribution in [0.1, 0.15) is 41.7 Å². The number of carboxylic acid groups (broad SMARTS) is 1. The molecule has 1 fully saturated rings. The molecule has 1 amide bonds. The SMILES string of the molecule is CCS(=O)(=O)c1ccc([C@H](CC(=O)O)NC(=O)c2ccc(N3C[C@@H](Oc4ccc(-n5cccn5)cn4)C[C@H]3COC(F)F)cc2)cc1. The van der Waals surface area contributed by atoms with Crippen molar-refractivity contribution in [3.63, 3.8) is 0 Å². The summed E-state index contributed by atoms with van der Waals surface area (Å²) in [4.78, 5) is 31.0. The quantitative estimate of drug-likeness (QED) is 0.199. The first-order valence-electron chi connectivity index (χ1n) is 14.8. The van der Waals surface area contributed by atoms with Gasteiger partial charge in [-0.2, -0.15) is 13.9 Å². The van der Waals surface area contributed by atoms with Crippen molar-refractivity contribution in [3.05, 3.63) is 96.4 Å². The number of hydrogen-bond acceptors (Lipinski definition) is 9. The van der Waals surface area contributed by atoms with Crippen molar-refractivity contribution in [2.45, 2.75) is 49.5 Å². The van der Waals surface area contributed by atoms with Gasteiger partial charge in [-0.05, 0) is 54.1 Å². The second-order valence-electron chi connectivity index (χ2n) is 10.8. The molecule has 12 nitrogen and oxygen atoms in total. The summed E-state index contributed by atoms with van der Waals surface area (Å²) in [5, 5.41) is 16.3. The van der Waals surface area contributed by atoms with E-state index in [0.717, 1.165) is 5.69 Å². The second-order valence-corrected chi connectivity index (χ2v) is 13.1. The van der Waals surface area contributed by atoms with Crippen LogP contribution < -0.4 is 15.0 Å². The van der Waals surface area contributed by atoms with E-state index in [1.165, 1.54) is 31.2 Å². The Kier molecular flexibility index (Phi) is 10.5. The number of ether oxygens (including phenoxy) is 2. The normalized spacial score (nSPS) is 17.1. The molecule has 3 heterocycles. The fourth-order valence-electron chi connectivity index (χ4n) is 5.33. The summed E-state index contributed by atoms with van der Waals surface area (Å²) >= 11 is 0. The number of nitrogens with zero attached hydrogens (tertiary/aromatic N) is 4. The fourth-order valence-corrected chi connectivity index (χ4v) is 6.22. The molecule has 15 heteroatoms. The molecule has 2 aromatic carbocycles. The molecule has 47 heavy (non-hydrogen) atoms. The molecule has 1 saturated heterocycles. The number of pyridine rings is 1. The van der Waals surface area contributed by atoms with Gasteiger partial charge in [0.15, 0.2) is 9.84 Å². The Morgan fingerprint density at radius 2 is 1.79 bits per heavy atom. The third kappa shape index (κ3) is 8.48. The van der Waals surface area contributed by atoms with Gasteiger partial charge in [-0.25, -0.2) is 18.1 Å². The van der Waals surface area contributed by atoms with E-state index in [2.05, 4.69) is 20.1 Å². The molecule has 0 bridgehead atoms. The average Bonchev–Trinajstić information content (AvgIpc) is 3.74. The molecule has 2 N–H and O–H groups in total. The number of benzene rings is 2. The Balaban J connectivity index is 1.27. The third-order valence-electron chi connectivity index (χ3n) is 7.73. The highest BCUT2D eigenvalue weighted by Crippen LogP contribution is 2.29. The smallest absolute Gasteiger partial charge is 0.345 e. The molecule has 1 aliphatic heterocycles. The van der Waals surface area contributed by atoms with Gasteiger partial charge in [0, 0.05) is 36.1 Å². The van der Waals surface area contributed by atoms with Crippen LogP contribution in [0.5, 0.6) is 5.88 Å². The first kappa shape index (κ1) is 33.5. The summed E-state index contributed by atoms with van der Waals surface area (Å²) < 4.78 is 62.6. The Bertz CT molecular complexity index is 1760. The lowest BCUT2D eigenvalue weighted by molar-refractivity contribution is -0.137. The van der Waals surface area contributed by atoms with E-state index in [1.807, 2.05) is 4.90 Å². The topological polar surface area (TPSA) is 153 Å². The van der Waals surface area contributed by atoms with Crippen LogP contribution in [0.15, 0.2) is 90.2 Å². The molecule has 0 spiro atoms. The van der Waals surface area contributed by atoms with Crippen molar-refractivity contribution >= 4 is 27.4 Å². The maximum atomic E-state index is 13.2. The number of sulfone groups is 1. The van der Waals surface area contributed by atoms with Crippen LogP contribution in [0.2, 0.25) is 0 Å².